The molecule has 7 heteroatoms. The molecule has 0 saturated carbocycles. The number of esters is 1. The monoisotopic (exact) mass is 398 g/mol. The minimum Gasteiger partial charge on any atom is -0.496 e. The molecule has 0 aliphatic rings. The first kappa shape index (κ1) is 17.6. The number of aromatic nitrogens is 1. The summed E-state index contributed by atoms with van der Waals surface area (Å²) in [5, 5.41) is 3.43. The fourth-order valence-corrected chi connectivity index (χ4v) is 2.75. The van der Waals surface area contributed by atoms with E-state index in [4.69, 9.17) is 21.1 Å². The molecular formula is C16H16BrClN2O3. The van der Waals surface area contributed by atoms with Crippen LogP contribution in [-0.2, 0) is 11.3 Å². The molecule has 0 amide bonds. The maximum absolute atomic E-state index is 11.7. The number of aryl methyl sites for hydroxylation is 1. The van der Waals surface area contributed by atoms with Crippen LogP contribution in [0.4, 0.5) is 5.69 Å². The minimum atomic E-state index is -0.560. The van der Waals surface area contributed by atoms with Crippen LogP contribution in [0.5, 0.6) is 5.75 Å². The van der Waals surface area contributed by atoms with Gasteiger partial charge in [-0.05, 0) is 40.5 Å². The summed E-state index contributed by atoms with van der Waals surface area (Å²) in [5.41, 5.74) is 2.87. The van der Waals surface area contributed by atoms with Gasteiger partial charge in [0, 0.05) is 12.1 Å². The predicted molar refractivity (Wildman–Crippen MR) is 93.3 cm³/mol. The van der Waals surface area contributed by atoms with Crippen LogP contribution in [0, 0.1) is 6.92 Å². The second-order valence-electron chi connectivity index (χ2n) is 4.82. The van der Waals surface area contributed by atoms with Crippen LogP contribution in [0.1, 0.15) is 21.6 Å². The highest BCUT2D eigenvalue weighted by atomic mass is 79.9. The number of benzene rings is 1. The number of ether oxygens (including phenoxy) is 2. The van der Waals surface area contributed by atoms with Gasteiger partial charge < -0.3 is 14.8 Å². The molecule has 2 aromatic rings. The lowest BCUT2D eigenvalue weighted by atomic mass is 10.1. The van der Waals surface area contributed by atoms with Gasteiger partial charge in [0.25, 0.3) is 0 Å². The number of rotatable bonds is 5. The minimum absolute atomic E-state index is 0.123. The van der Waals surface area contributed by atoms with Crippen molar-refractivity contribution in [3.63, 3.8) is 0 Å². The first-order valence-electron chi connectivity index (χ1n) is 6.78. The number of hydrogen-bond acceptors (Lipinski definition) is 5. The van der Waals surface area contributed by atoms with E-state index in [-0.39, 0.29) is 10.8 Å². The van der Waals surface area contributed by atoms with E-state index in [2.05, 4.69) is 26.2 Å². The van der Waals surface area contributed by atoms with Crippen molar-refractivity contribution in [3.05, 3.63) is 50.7 Å². The smallest absolute Gasteiger partial charge is 0.357 e. The van der Waals surface area contributed by atoms with Crippen molar-refractivity contribution in [1.82, 2.24) is 4.98 Å². The van der Waals surface area contributed by atoms with Crippen LogP contribution in [-0.4, -0.2) is 25.2 Å². The van der Waals surface area contributed by atoms with Gasteiger partial charge in [-0.3, -0.25) is 0 Å². The molecule has 0 unspecified atom stereocenters. The van der Waals surface area contributed by atoms with Gasteiger partial charge >= 0.3 is 5.97 Å². The Hall–Kier alpha value is -1.79. The van der Waals surface area contributed by atoms with Crippen molar-refractivity contribution in [2.75, 3.05) is 19.5 Å². The molecule has 23 heavy (non-hydrogen) atoms. The first-order valence-corrected chi connectivity index (χ1v) is 7.95. The summed E-state index contributed by atoms with van der Waals surface area (Å²) >= 11 is 9.34. The Bertz CT molecular complexity index is 738. The highest BCUT2D eigenvalue weighted by molar-refractivity contribution is 9.10. The number of pyridine rings is 1. The average molecular weight is 400 g/mol. The van der Waals surface area contributed by atoms with Crippen LogP contribution in [0.15, 0.2) is 28.7 Å². The number of methoxy groups -OCH3 is 2. The van der Waals surface area contributed by atoms with Gasteiger partial charge in [-0.1, -0.05) is 23.7 Å². The molecule has 5 nitrogen and oxygen atoms in total. The van der Waals surface area contributed by atoms with Crippen molar-refractivity contribution in [2.45, 2.75) is 13.5 Å². The molecule has 0 spiro atoms. The van der Waals surface area contributed by atoms with E-state index in [0.717, 1.165) is 16.9 Å². The fraction of sp³-hybridized carbons (Fsp3) is 0.250. The number of halogens is 2. The van der Waals surface area contributed by atoms with Gasteiger partial charge in [0.1, 0.15) is 10.9 Å². The summed E-state index contributed by atoms with van der Waals surface area (Å²) < 4.78 is 10.6. The lowest BCUT2D eigenvalue weighted by molar-refractivity contribution is 0.0593. The second-order valence-corrected chi connectivity index (χ2v) is 6.00. The number of carbonyl (C=O) groups is 1. The molecule has 1 heterocycles. The summed E-state index contributed by atoms with van der Waals surface area (Å²) in [6.07, 6.45) is 0. The molecule has 0 atom stereocenters. The van der Waals surface area contributed by atoms with E-state index in [9.17, 15) is 4.79 Å². The van der Waals surface area contributed by atoms with Gasteiger partial charge in [-0.15, -0.1) is 0 Å². The summed E-state index contributed by atoms with van der Waals surface area (Å²) in [7, 11) is 2.93. The Morgan fingerprint density at radius 3 is 2.74 bits per heavy atom. The van der Waals surface area contributed by atoms with Crippen LogP contribution in [0.3, 0.4) is 0 Å². The van der Waals surface area contributed by atoms with Crippen molar-refractivity contribution in [3.8, 4) is 5.75 Å². The summed E-state index contributed by atoms with van der Waals surface area (Å²) in [6, 6.07) is 7.59. The third-order valence-electron chi connectivity index (χ3n) is 3.22. The van der Waals surface area contributed by atoms with E-state index in [1.54, 1.807) is 13.2 Å². The molecule has 2 rings (SSSR count). The lowest BCUT2D eigenvalue weighted by Crippen LogP contribution is -2.09. The standard InChI is InChI=1S/C16H16BrClN2O3/c1-9-4-5-10(12(6-9)22-2)8-19-11-7-13(18)20-15(14(11)17)16(21)23-3/h4-7H,8H2,1-3H3,(H,19,20). The lowest BCUT2D eigenvalue weighted by Gasteiger charge is -2.14. The van der Waals surface area contributed by atoms with Gasteiger partial charge in [0.2, 0.25) is 0 Å². The highest BCUT2D eigenvalue weighted by Gasteiger charge is 2.17. The molecular weight excluding hydrogens is 384 g/mol. The molecule has 0 aliphatic heterocycles. The third kappa shape index (κ3) is 4.14. The SMILES string of the molecule is COC(=O)c1nc(Cl)cc(NCc2ccc(C)cc2OC)c1Br. The maximum Gasteiger partial charge on any atom is 0.357 e. The van der Waals surface area contributed by atoms with Crippen molar-refractivity contribution in [1.29, 1.82) is 0 Å². The zero-order valence-corrected chi connectivity index (χ0v) is 15.3. The summed E-state index contributed by atoms with van der Waals surface area (Å²) in [4.78, 5) is 15.7. The van der Waals surface area contributed by atoms with Gasteiger partial charge in [-0.2, -0.15) is 0 Å². The van der Waals surface area contributed by atoms with Gasteiger partial charge in [-0.25, -0.2) is 9.78 Å². The van der Waals surface area contributed by atoms with Gasteiger partial charge in [0.05, 0.1) is 24.4 Å². The third-order valence-corrected chi connectivity index (χ3v) is 4.21. The van der Waals surface area contributed by atoms with E-state index >= 15 is 0 Å². The molecule has 0 fully saturated rings. The number of anilines is 1. The van der Waals surface area contributed by atoms with E-state index < -0.39 is 5.97 Å². The molecule has 0 bridgehead atoms. The van der Waals surface area contributed by atoms with Crippen LogP contribution in [0.25, 0.3) is 0 Å². The van der Waals surface area contributed by atoms with Crippen molar-refractivity contribution >= 4 is 39.2 Å². The van der Waals surface area contributed by atoms with E-state index in [1.165, 1.54) is 7.11 Å². The molecule has 1 aromatic carbocycles. The maximum atomic E-state index is 11.7. The normalized spacial score (nSPS) is 10.3. The van der Waals surface area contributed by atoms with Gasteiger partial charge in [0.15, 0.2) is 5.69 Å². The predicted octanol–water partition coefficient (Wildman–Crippen LogP) is 4.21. The Balaban J connectivity index is 2.27. The molecule has 122 valence electrons. The quantitative estimate of drug-likeness (QED) is 0.603. The van der Waals surface area contributed by atoms with E-state index in [0.29, 0.717) is 16.7 Å². The number of nitrogens with zero attached hydrogens (tertiary/aromatic N) is 1. The topological polar surface area (TPSA) is 60.5 Å². The van der Waals surface area contributed by atoms with Crippen molar-refractivity contribution in [2.24, 2.45) is 0 Å². The zero-order valence-electron chi connectivity index (χ0n) is 12.9. The van der Waals surface area contributed by atoms with Crippen LogP contribution < -0.4 is 10.1 Å². The fourth-order valence-electron chi connectivity index (χ4n) is 2.05. The average Bonchev–Trinajstić information content (AvgIpc) is 2.55. The molecule has 0 saturated heterocycles. The largest absolute Gasteiger partial charge is 0.496 e. The Morgan fingerprint density at radius 1 is 1.35 bits per heavy atom. The number of hydrogen-bond donors (Lipinski definition) is 1. The second kappa shape index (κ2) is 7.66. The molecule has 1 N–H and O–H groups in total. The first-order chi connectivity index (χ1) is 11.0. The Morgan fingerprint density at radius 2 is 2.09 bits per heavy atom. The molecule has 0 aliphatic carbocycles. The zero-order chi connectivity index (χ0) is 17.0. The number of nitrogens with one attached hydrogen (secondary N) is 1. The summed E-state index contributed by atoms with van der Waals surface area (Å²) in [6.45, 7) is 2.50. The summed E-state index contributed by atoms with van der Waals surface area (Å²) in [5.74, 6) is 0.234. The molecule has 1 aromatic heterocycles. The Kier molecular flexibility index (Phi) is 5.85. The van der Waals surface area contributed by atoms with Crippen LogP contribution in [0.2, 0.25) is 5.15 Å². The van der Waals surface area contributed by atoms with E-state index in [1.807, 2.05) is 25.1 Å². The van der Waals surface area contributed by atoms with Crippen LogP contribution >= 0.6 is 27.5 Å². The molecule has 0 radical (unpaired) electrons. The Labute approximate surface area is 148 Å². The number of carbonyl (C=O) groups excluding carboxylic acids is 1. The highest BCUT2D eigenvalue weighted by Crippen LogP contribution is 2.30. The van der Waals surface area contributed by atoms with Crippen molar-refractivity contribution < 1.29 is 14.3 Å².